The standard InChI is InChI=1S/C31H32/c1-6-14-24(8-3)29-21-28(27-19-13-16-23(5)20-27)22-30(26-17-11-10-12-18-26)31(29)25(9-4)15-7-2/h6-22H,1-5H3. The van der Waals surface area contributed by atoms with Crippen LogP contribution in [0.5, 0.6) is 0 Å². The van der Waals surface area contributed by atoms with E-state index in [-0.39, 0.29) is 0 Å². The predicted octanol–water partition coefficient (Wildman–Crippen LogP) is 9.29. The number of rotatable bonds is 6. The number of hydrogen-bond donors (Lipinski definition) is 0. The minimum Gasteiger partial charge on any atom is -0.0871 e. The fourth-order valence-electron chi connectivity index (χ4n) is 4.04. The lowest BCUT2D eigenvalue weighted by atomic mass is 9.84. The van der Waals surface area contributed by atoms with Crippen molar-refractivity contribution < 1.29 is 0 Å². The molecule has 0 atom stereocenters. The Kier molecular flexibility index (Phi) is 7.62. The Balaban J connectivity index is 2.47. The minimum absolute atomic E-state index is 1.23. The van der Waals surface area contributed by atoms with Gasteiger partial charge in [0, 0.05) is 0 Å². The molecule has 0 amide bonds. The highest BCUT2D eigenvalue weighted by Crippen LogP contribution is 2.40. The van der Waals surface area contributed by atoms with Crippen molar-refractivity contribution >= 4 is 11.1 Å². The van der Waals surface area contributed by atoms with Crippen molar-refractivity contribution in [1.82, 2.24) is 0 Å². The van der Waals surface area contributed by atoms with Gasteiger partial charge in [-0.15, -0.1) is 0 Å². The third-order valence-corrected chi connectivity index (χ3v) is 5.49. The van der Waals surface area contributed by atoms with E-state index in [1.807, 2.05) is 0 Å². The molecule has 3 aromatic carbocycles. The maximum absolute atomic E-state index is 2.35. The molecule has 0 unspecified atom stereocenters. The molecule has 31 heavy (non-hydrogen) atoms. The molecule has 0 bridgehead atoms. The van der Waals surface area contributed by atoms with Gasteiger partial charge in [-0.1, -0.05) is 96.6 Å². The lowest BCUT2D eigenvalue weighted by Gasteiger charge is -2.20. The second-order valence-corrected chi connectivity index (χ2v) is 7.67. The molecule has 0 nitrogen and oxygen atoms in total. The molecule has 156 valence electrons. The van der Waals surface area contributed by atoms with Gasteiger partial charge < -0.3 is 0 Å². The van der Waals surface area contributed by atoms with Crippen LogP contribution < -0.4 is 0 Å². The molecule has 0 saturated carbocycles. The van der Waals surface area contributed by atoms with Crippen molar-refractivity contribution in [1.29, 1.82) is 0 Å². The van der Waals surface area contributed by atoms with Crippen LogP contribution in [0, 0.1) is 6.92 Å². The largest absolute Gasteiger partial charge is 0.0871 e. The molecule has 3 aromatic rings. The highest BCUT2D eigenvalue weighted by atomic mass is 14.2. The summed E-state index contributed by atoms with van der Waals surface area (Å²) in [6.07, 6.45) is 13.1. The Hall–Kier alpha value is -3.38. The maximum atomic E-state index is 2.35. The highest BCUT2D eigenvalue weighted by molar-refractivity contribution is 5.96. The van der Waals surface area contributed by atoms with E-state index in [0.717, 1.165) is 0 Å². The second kappa shape index (κ2) is 10.6. The first kappa shape index (κ1) is 22.3. The number of aryl methyl sites for hydroxylation is 1. The molecule has 0 heterocycles. The molecule has 0 spiro atoms. The first-order valence-electron chi connectivity index (χ1n) is 11.0. The van der Waals surface area contributed by atoms with Crippen LogP contribution in [0.1, 0.15) is 44.4 Å². The Labute approximate surface area is 188 Å². The Bertz CT molecular complexity index is 1150. The van der Waals surface area contributed by atoms with Gasteiger partial charge in [-0.2, -0.15) is 0 Å². The van der Waals surface area contributed by atoms with Crippen molar-refractivity contribution in [3.05, 3.63) is 120 Å². The van der Waals surface area contributed by atoms with Crippen molar-refractivity contribution in [3.63, 3.8) is 0 Å². The Morgan fingerprint density at radius 2 is 1.26 bits per heavy atom. The lowest BCUT2D eigenvalue weighted by Crippen LogP contribution is -1.98. The average molecular weight is 405 g/mol. The van der Waals surface area contributed by atoms with Crippen molar-refractivity contribution in [2.45, 2.75) is 34.6 Å². The van der Waals surface area contributed by atoms with E-state index in [1.165, 1.54) is 50.1 Å². The fourth-order valence-corrected chi connectivity index (χ4v) is 4.04. The fraction of sp³-hybridized carbons (Fsp3) is 0.161. The van der Waals surface area contributed by atoms with E-state index in [1.54, 1.807) is 0 Å². The summed E-state index contributed by atoms with van der Waals surface area (Å²) in [6, 6.07) is 24.2. The van der Waals surface area contributed by atoms with Gasteiger partial charge >= 0.3 is 0 Å². The van der Waals surface area contributed by atoms with E-state index >= 15 is 0 Å². The SMILES string of the molecule is CC=CC(=CC)c1cc(-c2cccc(C)c2)cc(-c2ccccc2)c1C(C=CC)=CC. The van der Waals surface area contributed by atoms with E-state index in [0.29, 0.717) is 0 Å². The van der Waals surface area contributed by atoms with Crippen molar-refractivity contribution in [2.24, 2.45) is 0 Å². The van der Waals surface area contributed by atoms with Crippen LogP contribution in [0.2, 0.25) is 0 Å². The van der Waals surface area contributed by atoms with Crippen LogP contribution in [0.25, 0.3) is 33.4 Å². The minimum atomic E-state index is 1.23. The van der Waals surface area contributed by atoms with Gasteiger partial charge in [0.1, 0.15) is 0 Å². The molecule has 0 aliphatic heterocycles. The van der Waals surface area contributed by atoms with Crippen LogP contribution in [0.15, 0.2) is 103 Å². The van der Waals surface area contributed by atoms with Crippen LogP contribution >= 0.6 is 0 Å². The molecule has 0 saturated heterocycles. The molecule has 0 aromatic heterocycles. The third kappa shape index (κ3) is 5.03. The van der Waals surface area contributed by atoms with Crippen molar-refractivity contribution in [3.8, 4) is 22.3 Å². The van der Waals surface area contributed by atoms with Gasteiger partial charge in [0.05, 0.1) is 0 Å². The van der Waals surface area contributed by atoms with Gasteiger partial charge in [-0.05, 0) is 91.3 Å². The highest BCUT2D eigenvalue weighted by Gasteiger charge is 2.17. The summed E-state index contributed by atoms with van der Waals surface area (Å²) >= 11 is 0. The topological polar surface area (TPSA) is 0 Å². The zero-order valence-electron chi connectivity index (χ0n) is 19.3. The van der Waals surface area contributed by atoms with E-state index in [4.69, 9.17) is 0 Å². The van der Waals surface area contributed by atoms with Crippen molar-refractivity contribution in [2.75, 3.05) is 0 Å². The summed E-state index contributed by atoms with van der Waals surface area (Å²) in [4.78, 5) is 0. The van der Waals surface area contributed by atoms with Gasteiger partial charge in [0.2, 0.25) is 0 Å². The van der Waals surface area contributed by atoms with Gasteiger partial charge in [0.15, 0.2) is 0 Å². The summed E-state index contributed by atoms with van der Waals surface area (Å²) in [5.74, 6) is 0. The Morgan fingerprint density at radius 3 is 1.87 bits per heavy atom. The zero-order valence-corrected chi connectivity index (χ0v) is 19.3. The summed E-state index contributed by atoms with van der Waals surface area (Å²) in [7, 11) is 0. The second-order valence-electron chi connectivity index (χ2n) is 7.67. The predicted molar refractivity (Wildman–Crippen MR) is 139 cm³/mol. The normalized spacial score (nSPS) is 12.8. The van der Waals surface area contributed by atoms with Crippen LogP contribution in [-0.2, 0) is 0 Å². The van der Waals surface area contributed by atoms with Gasteiger partial charge in [0.25, 0.3) is 0 Å². The number of hydrogen-bond acceptors (Lipinski definition) is 0. The molecule has 3 rings (SSSR count). The van der Waals surface area contributed by atoms with E-state index < -0.39 is 0 Å². The molecular weight excluding hydrogens is 372 g/mol. The number of benzene rings is 3. The molecule has 0 heteroatoms. The quantitative estimate of drug-likeness (QED) is 0.359. The summed E-state index contributed by atoms with van der Waals surface area (Å²) < 4.78 is 0. The first-order valence-corrected chi connectivity index (χ1v) is 11.0. The van der Waals surface area contributed by atoms with Gasteiger partial charge in [-0.25, -0.2) is 0 Å². The van der Waals surface area contributed by atoms with Gasteiger partial charge in [-0.3, -0.25) is 0 Å². The summed E-state index contributed by atoms with van der Waals surface area (Å²) in [5.41, 5.74) is 11.2. The van der Waals surface area contributed by atoms with Crippen LogP contribution in [0.3, 0.4) is 0 Å². The molecule has 0 aliphatic carbocycles. The average Bonchev–Trinajstić information content (AvgIpc) is 2.81. The van der Waals surface area contributed by atoms with Crippen LogP contribution in [-0.4, -0.2) is 0 Å². The summed E-state index contributed by atoms with van der Waals surface area (Å²) in [5, 5.41) is 0. The Morgan fingerprint density at radius 1 is 0.613 bits per heavy atom. The molecular formula is C31H32. The lowest BCUT2D eigenvalue weighted by molar-refractivity contribution is 1.45. The van der Waals surface area contributed by atoms with Crippen LogP contribution in [0.4, 0.5) is 0 Å². The maximum Gasteiger partial charge on any atom is -0.00299 e. The monoisotopic (exact) mass is 404 g/mol. The molecule has 0 aliphatic rings. The molecule has 0 N–H and O–H groups in total. The number of allylic oxidation sites excluding steroid dienone is 8. The molecule has 0 radical (unpaired) electrons. The third-order valence-electron chi connectivity index (χ3n) is 5.49. The van der Waals surface area contributed by atoms with E-state index in [9.17, 15) is 0 Å². The summed E-state index contributed by atoms with van der Waals surface area (Å²) in [6.45, 7) is 10.5. The first-order chi connectivity index (χ1) is 15.1. The smallest absolute Gasteiger partial charge is 0.00299 e. The van der Waals surface area contributed by atoms with E-state index in [2.05, 4.69) is 138 Å². The zero-order chi connectivity index (χ0) is 22.2. The molecule has 0 fully saturated rings.